The summed E-state index contributed by atoms with van der Waals surface area (Å²) in [5.74, 6) is -0.303. The molecule has 1 atom stereocenters. The summed E-state index contributed by atoms with van der Waals surface area (Å²) in [5.41, 5.74) is 0.441. The molecule has 0 fully saturated rings. The Kier molecular flexibility index (Phi) is 5.82. The zero-order valence-corrected chi connectivity index (χ0v) is 11.1. The summed E-state index contributed by atoms with van der Waals surface area (Å²) >= 11 is 0. The normalized spacial score (nSPS) is 13.9. The fourth-order valence-corrected chi connectivity index (χ4v) is 1.52. The molecule has 0 heterocycles. The Labute approximate surface area is 108 Å². The maximum atomic E-state index is 11.3. The van der Waals surface area contributed by atoms with E-state index < -0.39 is 5.60 Å². The second-order valence-corrected chi connectivity index (χ2v) is 4.39. The summed E-state index contributed by atoms with van der Waals surface area (Å²) < 4.78 is 15.5. The van der Waals surface area contributed by atoms with E-state index in [0.29, 0.717) is 13.2 Å². The summed E-state index contributed by atoms with van der Waals surface area (Å²) in [5, 5.41) is 0. The Hall–Kier alpha value is -1.39. The molecule has 1 rings (SSSR count). The number of rotatable bonds is 7. The van der Waals surface area contributed by atoms with E-state index in [1.54, 1.807) is 7.11 Å². The van der Waals surface area contributed by atoms with E-state index in [4.69, 9.17) is 9.47 Å². The molecule has 0 saturated carbocycles. The van der Waals surface area contributed by atoms with Gasteiger partial charge < -0.3 is 14.2 Å². The molecule has 0 saturated heterocycles. The van der Waals surface area contributed by atoms with E-state index in [1.807, 2.05) is 37.3 Å². The predicted molar refractivity (Wildman–Crippen MR) is 68.1 cm³/mol. The van der Waals surface area contributed by atoms with Crippen molar-refractivity contribution < 1.29 is 19.0 Å². The van der Waals surface area contributed by atoms with Crippen LogP contribution in [-0.2, 0) is 25.6 Å². The highest BCUT2D eigenvalue weighted by atomic mass is 16.5. The first kappa shape index (κ1) is 14.7. The Balaban J connectivity index is 2.41. The highest BCUT2D eigenvalue weighted by Crippen LogP contribution is 2.16. The number of carbonyl (C=O) groups is 1. The van der Waals surface area contributed by atoms with E-state index in [-0.39, 0.29) is 12.4 Å². The summed E-state index contributed by atoms with van der Waals surface area (Å²) in [6, 6.07) is 9.86. The summed E-state index contributed by atoms with van der Waals surface area (Å²) in [6.45, 7) is 2.67. The van der Waals surface area contributed by atoms with Crippen LogP contribution in [-0.4, -0.2) is 32.4 Å². The Morgan fingerprint density at radius 3 is 2.44 bits per heavy atom. The van der Waals surface area contributed by atoms with Gasteiger partial charge in [0.1, 0.15) is 0 Å². The second kappa shape index (κ2) is 7.13. The molecular formula is C14H20O4. The molecule has 1 aromatic rings. The average molecular weight is 252 g/mol. The van der Waals surface area contributed by atoms with Gasteiger partial charge >= 0.3 is 5.97 Å². The first-order chi connectivity index (χ1) is 8.59. The zero-order chi connectivity index (χ0) is 13.4. The van der Waals surface area contributed by atoms with Crippen LogP contribution in [0.5, 0.6) is 0 Å². The lowest BCUT2D eigenvalue weighted by molar-refractivity contribution is -0.150. The van der Waals surface area contributed by atoms with Gasteiger partial charge in [-0.25, -0.2) is 0 Å². The van der Waals surface area contributed by atoms with Gasteiger partial charge in [0.25, 0.3) is 0 Å². The van der Waals surface area contributed by atoms with Crippen molar-refractivity contribution in [3.05, 3.63) is 35.9 Å². The van der Waals surface area contributed by atoms with Gasteiger partial charge in [0.05, 0.1) is 32.3 Å². The van der Waals surface area contributed by atoms with Crippen LogP contribution in [0.15, 0.2) is 30.3 Å². The van der Waals surface area contributed by atoms with E-state index in [9.17, 15) is 4.79 Å². The van der Waals surface area contributed by atoms with E-state index in [0.717, 1.165) is 5.56 Å². The Morgan fingerprint density at radius 1 is 1.22 bits per heavy atom. The molecule has 1 unspecified atom stereocenters. The van der Waals surface area contributed by atoms with Gasteiger partial charge in [0.2, 0.25) is 0 Å². The maximum Gasteiger partial charge on any atom is 0.308 e. The molecule has 0 spiro atoms. The lowest BCUT2D eigenvalue weighted by Crippen LogP contribution is -2.36. The largest absolute Gasteiger partial charge is 0.469 e. The van der Waals surface area contributed by atoms with E-state index in [2.05, 4.69) is 4.74 Å². The molecule has 0 aromatic heterocycles. The van der Waals surface area contributed by atoms with Crippen molar-refractivity contribution >= 4 is 5.97 Å². The van der Waals surface area contributed by atoms with Crippen molar-refractivity contribution in [3.63, 3.8) is 0 Å². The third-order valence-electron chi connectivity index (χ3n) is 2.76. The maximum absolute atomic E-state index is 11.3. The van der Waals surface area contributed by atoms with Crippen LogP contribution >= 0.6 is 0 Å². The first-order valence-corrected chi connectivity index (χ1v) is 5.83. The van der Waals surface area contributed by atoms with Gasteiger partial charge in [-0.1, -0.05) is 30.3 Å². The highest BCUT2D eigenvalue weighted by Gasteiger charge is 2.28. The van der Waals surface area contributed by atoms with Crippen LogP contribution in [0.3, 0.4) is 0 Å². The molecule has 0 aliphatic carbocycles. The lowest BCUT2D eigenvalue weighted by Gasteiger charge is -2.26. The lowest BCUT2D eigenvalue weighted by atomic mass is 10.0. The fraction of sp³-hybridized carbons (Fsp3) is 0.500. The molecule has 0 amide bonds. The van der Waals surface area contributed by atoms with Crippen LogP contribution in [0, 0.1) is 0 Å². The number of hydrogen-bond donors (Lipinski definition) is 0. The van der Waals surface area contributed by atoms with Crippen LogP contribution in [0.25, 0.3) is 0 Å². The quantitative estimate of drug-likeness (QED) is 0.698. The van der Waals surface area contributed by atoms with Gasteiger partial charge in [-0.15, -0.1) is 0 Å². The molecule has 100 valence electrons. The zero-order valence-electron chi connectivity index (χ0n) is 11.1. The monoisotopic (exact) mass is 252 g/mol. The fourth-order valence-electron chi connectivity index (χ4n) is 1.52. The van der Waals surface area contributed by atoms with Crippen molar-refractivity contribution in [1.29, 1.82) is 0 Å². The van der Waals surface area contributed by atoms with Crippen LogP contribution < -0.4 is 0 Å². The van der Waals surface area contributed by atoms with Gasteiger partial charge in [-0.05, 0) is 12.5 Å². The molecule has 0 bridgehead atoms. The number of hydrogen-bond acceptors (Lipinski definition) is 4. The van der Waals surface area contributed by atoms with Gasteiger partial charge in [-0.2, -0.15) is 0 Å². The Morgan fingerprint density at radius 2 is 1.89 bits per heavy atom. The minimum absolute atomic E-state index is 0.175. The van der Waals surface area contributed by atoms with Crippen LogP contribution in [0.4, 0.5) is 0 Å². The minimum Gasteiger partial charge on any atom is -0.469 e. The molecule has 4 heteroatoms. The van der Waals surface area contributed by atoms with Gasteiger partial charge in [0, 0.05) is 7.11 Å². The summed E-state index contributed by atoms with van der Waals surface area (Å²) in [4.78, 5) is 11.3. The van der Waals surface area contributed by atoms with Crippen LogP contribution in [0.2, 0.25) is 0 Å². The van der Waals surface area contributed by atoms with Gasteiger partial charge in [0.15, 0.2) is 0 Å². The number of esters is 1. The van der Waals surface area contributed by atoms with Crippen LogP contribution in [0.1, 0.15) is 18.9 Å². The second-order valence-electron chi connectivity index (χ2n) is 4.39. The number of ether oxygens (including phenoxy) is 3. The smallest absolute Gasteiger partial charge is 0.308 e. The standard InChI is InChI=1S/C14H20O4/c1-14(17-3,9-13(15)16-2)11-18-10-12-7-5-4-6-8-12/h4-8H,9-11H2,1-3H3. The number of carbonyl (C=O) groups excluding carboxylic acids is 1. The molecule has 4 nitrogen and oxygen atoms in total. The predicted octanol–water partition coefficient (Wildman–Crippen LogP) is 2.17. The molecule has 0 N–H and O–H groups in total. The van der Waals surface area contributed by atoms with Crippen molar-refractivity contribution in [1.82, 2.24) is 0 Å². The molecule has 18 heavy (non-hydrogen) atoms. The van der Waals surface area contributed by atoms with Crippen molar-refractivity contribution in [2.45, 2.75) is 25.6 Å². The van der Waals surface area contributed by atoms with Crippen molar-refractivity contribution in [2.24, 2.45) is 0 Å². The Bertz CT molecular complexity index is 363. The summed E-state index contributed by atoms with van der Waals surface area (Å²) in [6.07, 6.45) is 0.175. The third-order valence-corrected chi connectivity index (χ3v) is 2.76. The average Bonchev–Trinajstić information content (AvgIpc) is 2.40. The van der Waals surface area contributed by atoms with Crippen molar-refractivity contribution in [3.8, 4) is 0 Å². The third kappa shape index (κ3) is 4.85. The first-order valence-electron chi connectivity index (χ1n) is 5.83. The number of benzene rings is 1. The highest BCUT2D eigenvalue weighted by molar-refractivity contribution is 5.70. The van der Waals surface area contributed by atoms with E-state index in [1.165, 1.54) is 7.11 Å². The molecule has 0 radical (unpaired) electrons. The molecular weight excluding hydrogens is 232 g/mol. The topological polar surface area (TPSA) is 44.8 Å². The summed E-state index contributed by atoms with van der Waals surface area (Å²) in [7, 11) is 2.93. The minimum atomic E-state index is -0.651. The number of methoxy groups -OCH3 is 2. The molecule has 0 aliphatic heterocycles. The SMILES string of the molecule is COC(=O)CC(C)(COCc1ccccc1)OC. The van der Waals surface area contributed by atoms with Crippen molar-refractivity contribution in [2.75, 3.05) is 20.8 Å². The van der Waals surface area contributed by atoms with Gasteiger partial charge in [-0.3, -0.25) is 4.79 Å². The molecule has 1 aromatic carbocycles. The van der Waals surface area contributed by atoms with E-state index >= 15 is 0 Å². The molecule has 0 aliphatic rings.